The number of hydrogen-bond acceptors (Lipinski definition) is 6. The number of carbonyl (C=O) groups excluding carboxylic acids is 1. The number of nitrogens with zero attached hydrogens (tertiary/aromatic N) is 3. The molecule has 32 heavy (non-hydrogen) atoms. The maximum absolute atomic E-state index is 14.0. The Morgan fingerprint density at radius 1 is 1.22 bits per heavy atom. The fourth-order valence-corrected chi connectivity index (χ4v) is 4.73. The molecule has 0 spiro atoms. The third-order valence-electron chi connectivity index (χ3n) is 5.24. The molecular weight excluding hydrogens is 449 g/mol. The molecular formula is C20H25F3N4O4S. The SMILES string of the molecule is CCCS(=O)(=O)Nc1nc2ccccc2nc1OC(C1CCN(C(C)=O)CC1)C(F)(F)F. The minimum absolute atomic E-state index is 0.0989. The molecule has 1 aliphatic rings. The second-order valence-electron chi connectivity index (χ2n) is 7.71. The maximum atomic E-state index is 14.0. The molecule has 2 heterocycles. The number of sulfonamides is 1. The van der Waals surface area contributed by atoms with E-state index in [9.17, 15) is 26.4 Å². The quantitative estimate of drug-likeness (QED) is 0.661. The van der Waals surface area contributed by atoms with Crippen molar-refractivity contribution in [1.82, 2.24) is 14.9 Å². The Bertz CT molecular complexity index is 1070. The van der Waals surface area contributed by atoms with Gasteiger partial charge in [0.25, 0.3) is 5.88 Å². The number of carbonyl (C=O) groups is 1. The standard InChI is InChI=1S/C20H25F3N4O4S/c1-3-12-32(29,30)26-18-19(25-16-7-5-4-6-15(16)24-18)31-17(20(21,22)23)14-8-10-27(11-9-14)13(2)28/h4-7,14,17H,3,8-12H2,1-2H3,(H,24,26). The Labute approximate surface area is 184 Å². The van der Waals surface area contributed by atoms with Gasteiger partial charge < -0.3 is 9.64 Å². The minimum atomic E-state index is -4.73. The summed E-state index contributed by atoms with van der Waals surface area (Å²) >= 11 is 0. The summed E-state index contributed by atoms with van der Waals surface area (Å²) in [6.07, 6.45) is -6.44. The van der Waals surface area contributed by atoms with Gasteiger partial charge in [0.05, 0.1) is 16.8 Å². The summed E-state index contributed by atoms with van der Waals surface area (Å²) in [5.41, 5.74) is 0.584. The number of nitrogens with one attached hydrogen (secondary N) is 1. The molecule has 1 saturated heterocycles. The number of hydrogen-bond donors (Lipinski definition) is 1. The third kappa shape index (κ3) is 5.78. The summed E-state index contributed by atoms with van der Waals surface area (Å²) in [5, 5.41) is 0. The first-order valence-electron chi connectivity index (χ1n) is 10.3. The summed E-state index contributed by atoms with van der Waals surface area (Å²) < 4.78 is 74.0. The largest absolute Gasteiger partial charge is 0.462 e. The van der Waals surface area contributed by atoms with Crippen LogP contribution in [0.25, 0.3) is 11.0 Å². The van der Waals surface area contributed by atoms with E-state index in [0.717, 1.165) is 0 Å². The minimum Gasteiger partial charge on any atom is -0.462 e. The van der Waals surface area contributed by atoms with E-state index in [0.29, 0.717) is 11.9 Å². The Hall–Kier alpha value is -2.63. The molecule has 1 amide bonds. The number of amides is 1. The van der Waals surface area contributed by atoms with E-state index in [4.69, 9.17) is 4.74 Å². The molecule has 1 unspecified atom stereocenters. The number of anilines is 1. The molecule has 1 aliphatic heterocycles. The molecule has 2 aromatic rings. The van der Waals surface area contributed by atoms with E-state index < -0.39 is 34.1 Å². The van der Waals surface area contributed by atoms with Crippen molar-refractivity contribution in [3.63, 3.8) is 0 Å². The number of halogens is 3. The summed E-state index contributed by atoms with van der Waals surface area (Å²) in [7, 11) is -3.85. The second kappa shape index (κ2) is 9.47. The first-order chi connectivity index (χ1) is 15.0. The number of para-hydroxylation sites is 2. The van der Waals surface area contributed by atoms with Gasteiger partial charge in [0.15, 0.2) is 6.10 Å². The van der Waals surface area contributed by atoms with Gasteiger partial charge in [-0.25, -0.2) is 18.4 Å². The predicted octanol–water partition coefficient (Wildman–Crippen LogP) is 3.35. The molecule has 176 valence electrons. The topological polar surface area (TPSA) is 101 Å². The predicted molar refractivity (Wildman–Crippen MR) is 113 cm³/mol. The lowest BCUT2D eigenvalue weighted by molar-refractivity contribution is -0.214. The van der Waals surface area contributed by atoms with Crippen molar-refractivity contribution in [3.8, 4) is 5.88 Å². The van der Waals surface area contributed by atoms with Crippen molar-refractivity contribution >= 4 is 32.8 Å². The highest BCUT2D eigenvalue weighted by molar-refractivity contribution is 7.92. The zero-order chi connectivity index (χ0) is 23.5. The molecule has 1 aromatic carbocycles. The average molecular weight is 475 g/mol. The van der Waals surface area contributed by atoms with Crippen molar-refractivity contribution in [2.24, 2.45) is 5.92 Å². The monoisotopic (exact) mass is 474 g/mol. The molecule has 12 heteroatoms. The number of rotatable bonds is 7. The van der Waals surface area contributed by atoms with Gasteiger partial charge in [-0.15, -0.1) is 0 Å². The number of alkyl halides is 3. The zero-order valence-corrected chi connectivity index (χ0v) is 18.5. The third-order valence-corrected chi connectivity index (χ3v) is 6.69. The van der Waals surface area contributed by atoms with Crippen LogP contribution < -0.4 is 9.46 Å². The normalized spacial score (nSPS) is 16.7. The van der Waals surface area contributed by atoms with Crippen LogP contribution in [-0.2, 0) is 14.8 Å². The van der Waals surface area contributed by atoms with E-state index in [2.05, 4.69) is 14.7 Å². The van der Waals surface area contributed by atoms with Gasteiger partial charge in [0, 0.05) is 25.9 Å². The maximum Gasteiger partial charge on any atom is 0.425 e. The molecule has 3 rings (SSSR count). The van der Waals surface area contributed by atoms with Gasteiger partial charge in [0.2, 0.25) is 21.7 Å². The lowest BCUT2D eigenvalue weighted by Crippen LogP contribution is -2.47. The van der Waals surface area contributed by atoms with Crippen LogP contribution in [0, 0.1) is 5.92 Å². The highest BCUT2D eigenvalue weighted by Gasteiger charge is 2.48. The molecule has 0 saturated carbocycles. The van der Waals surface area contributed by atoms with Crippen molar-refractivity contribution < 1.29 is 31.1 Å². The van der Waals surface area contributed by atoms with Crippen LogP contribution >= 0.6 is 0 Å². The van der Waals surface area contributed by atoms with Crippen LogP contribution in [0.2, 0.25) is 0 Å². The van der Waals surface area contributed by atoms with Crippen molar-refractivity contribution in [3.05, 3.63) is 24.3 Å². The lowest BCUT2D eigenvalue weighted by atomic mass is 9.90. The van der Waals surface area contributed by atoms with Crippen LogP contribution in [0.4, 0.5) is 19.0 Å². The highest BCUT2D eigenvalue weighted by Crippen LogP contribution is 2.37. The molecule has 0 aliphatic carbocycles. The first-order valence-corrected chi connectivity index (χ1v) is 11.9. The van der Waals surface area contributed by atoms with Crippen LogP contribution in [0.5, 0.6) is 5.88 Å². The number of benzene rings is 1. The van der Waals surface area contributed by atoms with E-state index in [-0.39, 0.29) is 48.9 Å². The second-order valence-corrected chi connectivity index (χ2v) is 9.55. The summed E-state index contributed by atoms with van der Waals surface area (Å²) in [5.74, 6) is -2.25. The van der Waals surface area contributed by atoms with Gasteiger partial charge in [-0.2, -0.15) is 13.2 Å². The molecule has 1 N–H and O–H groups in total. The smallest absolute Gasteiger partial charge is 0.425 e. The Morgan fingerprint density at radius 3 is 2.34 bits per heavy atom. The summed E-state index contributed by atoms with van der Waals surface area (Å²) in [6, 6.07) is 6.42. The zero-order valence-electron chi connectivity index (χ0n) is 17.7. The summed E-state index contributed by atoms with van der Waals surface area (Å²) in [6.45, 7) is 3.41. The number of ether oxygens (including phenoxy) is 1. The Balaban J connectivity index is 1.96. The van der Waals surface area contributed by atoms with E-state index in [1.165, 1.54) is 11.8 Å². The van der Waals surface area contributed by atoms with Gasteiger partial charge in [-0.1, -0.05) is 19.1 Å². The van der Waals surface area contributed by atoms with E-state index >= 15 is 0 Å². The number of aromatic nitrogens is 2. The van der Waals surface area contributed by atoms with Gasteiger partial charge in [-0.3, -0.25) is 9.52 Å². The van der Waals surface area contributed by atoms with Crippen molar-refractivity contribution in [2.75, 3.05) is 23.6 Å². The van der Waals surface area contributed by atoms with Crippen LogP contribution in [0.3, 0.4) is 0 Å². The first kappa shape index (κ1) is 24.0. The van der Waals surface area contributed by atoms with E-state index in [1.54, 1.807) is 31.2 Å². The average Bonchev–Trinajstić information content (AvgIpc) is 2.71. The Kier molecular flexibility index (Phi) is 7.11. The molecule has 8 nitrogen and oxygen atoms in total. The fourth-order valence-electron chi connectivity index (χ4n) is 3.67. The molecule has 1 atom stereocenters. The van der Waals surface area contributed by atoms with Crippen molar-refractivity contribution in [1.29, 1.82) is 0 Å². The van der Waals surface area contributed by atoms with Crippen LogP contribution in [0.15, 0.2) is 24.3 Å². The van der Waals surface area contributed by atoms with Crippen molar-refractivity contribution in [2.45, 2.75) is 45.4 Å². The molecule has 1 aromatic heterocycles. The van der Waals surface area contributed by atoms with E-state index in [1.807, 2.05) is 0 Å². The molecule has 1 fully saturated rings. The number of likely N-dealkylation sites (tertiary alicyclic amines) is 1. The summed E-state index contributed by atoms with van der Waals surface area (Å²) in [4.78, 5) is 21.3. The van der Waals surface area contributed by atoms with Gasteiger partial charge in [-0.05, 0) is 31.4 Å². The highest BCUT2D eigenvalue weighted by atomic mass is 32.2. The lowest BCUT2D eigenvalue weighted by Gasteiger charge is -2.36. The Morgan fingerprint density at radius 2 is 1.81 bits per heavy atom. The van der Waals surface area contributed by atoms with Crippen LogP contribution in [-0.4, -0.2) is 60.3 Å². The van der Waals surface area contributed by atoms with Crippen LogP contribution in [0.1, 0.15) is 33.1 Å². The number of piperidine rings is 1. The van der Waals surface area contributed by atoms with Gasteiger partial charge in [0.1, 0.15) is 0 Å². The number of fused-ring (bicyclic) bond motifs is 1. The fraction of sp³-hybridized carbons (Fsp3) is 0.550. The molecule has 0 bridgehead atoms. The van der Waals surface area contributed by atoms with Gasteiger partial charge >= 0.3 is 6.18 Å². The molecule has 0 radical (unpaired) electrons.